The molecule has 0 aromatic heterocycles. The van der Waals surface area contributed by atoms with Gasteiger partial charge in [-0.2, -0.15) is 0 Å². The molecule has 1 heterocycles. The van der Waals surface area contributed by atoms with Crippen molar-refractivity contribution in [2.75, 3.05) is 13.3 Å². The highest BCUT2D eigenvalue weighted by Gasteiger charge is 2.37. The van der Waals surface area contributed by atoms with Crippen LogP contribution in [0, 0.1) is 13.8 Å². The van der Waals surface area contributed by atoms with Crippen molar-refractivity contribution >= 4 is 0 Å². The average molecular weight is 247 g/mol. The third-order valence-electron chi connectivity index (χ3n) is 4.75. The fourth-order valence-corrected chi connectivity index (χ4v) is 3.49. The molecule has 18 heavy (non-hydrogen) atoms. The fraction of sp³-hybridized carbons (Fsp3) is 0.600. The van der Waals surface area contributed by atoms with E-state index in [1.807, 2.05) is 0 Å². The zero-order valence-corrected chi connectivity index (χ0v) is 11.2. The van der Waals surface area contributed by atoms with Crippen molar-refractivity contribution < 1.29 is 9.47 Å². The van der Waals surface area contributed by atoms with E-state index in [0.717, 1.165) is 18.0 Å². The van der Waals surface area contributed by atoms with Crippen LogP contribution in [0.15, 0.2) is 6.07 Å². The average Bonchev–Trinajstić information content (AvgIpc) is 3.02. The van der Waals surface area contributed by atoms with Crippen molar-refractivity contribution in [2.24, 2.45) is 5.73 Å². The highest BCUT2D eigenvalue weighted by atomic mass is 16.7. The number of hydrogen-bond donors (Lipinski definition) is 1. The molecule has 1 aliphatic carbocycles. The summed E-state index contributed by atoms with van der Waals surface area (Å²) in [6.07, 6.45) is 4.96. The van der Waals surface area contributed by atoms with Crippen molar-refractivity contribution in [3.05, 3.63) is 22.8 Å². The number of fused-ring (bicyclic) bond motifs is 1. The zero-order valence-electron chi connectivity index (χ0n) is 11.2. The maximum atomic E-state index is 6.09. The standard InChI is InChI=1S/C15H21NO2/c1-10-11(2)14-13(17-9-18-14)7-12(10)15(8-16)5-3-4-6-15/h7H,3-6,8-9,16H2,1-2H3. The lowest BCUT2D eigenvalue weighted by Gasteiger charge is -2.30. The minimum atomic E-state index is 0.163. The van der Waals surface area contributed by atoms with Crippen LogP contribution in [0.4, 0.5) is 0 Å². The summed E-state index contributed by atoms with van der Waals surface area (Å²) in [5, 5.41) is 0. The molecule has 0 spiro atoms. The quantitative estimate of drug-likeness (QED) is 0.874. The Bertz CT molecular complexity index is 476. The lowest BCUT2D eigenvalue weighted by Crippen LogP contribution is -2.33. The molecular formula is C15H21NO2. The molecule has 1 aliphatic heterocycles. The number of benzene rings is 1. The minimum Gasteiger partial charge on any atom is -0.454 e. The molecule has 1 saturated carbocycles. The smallest absolute Gasteiger partial charge is 0.231 e. The van der Waals surface area contributed by atoms with Gasteiger partial charge in [-0.15, -0.1) is 0 Å². The first-order valence-corrected chi connectivity index (χ1v) is 6.78. The summed E-state index contributed by atoms with van der Waals surface area (Å²) in [5.41, 5.74) is 10.2. The van der Waals surface area contributed by atoms with E-state index in [2.05, 4.69) is 19.9 Å². The summed E-state index contributed by atoms with van der Waals surface area (Å²) in [4.78, 5) is 0. The second-order valence-electron chi connectivity index (χ2n) is 5.60. The molecule has 1 aromatic rings. The maximum absolute atomic E-state index is 6.09. The van der Waals surface area contributed by atoms with Crippen LogP contribution in [0.25, 0.3) is 0 Å². The van der Waals surface area contributed by atoms with Gasteiger partial charge in [0.1, 0.15) is 0 Å². The van der Waals surface area contributed by atoms with Gasteiger partial charge in [-0.25, -0.2) is 0 Å². The van der Waals surface area contributed by atoms with Gasteiger partial charge in [-0.05, 0) is 49.4 Å². The maximum Gasteiger partial charge on any atom is 0.231 e. The van der Waals surface area contributed by atoms with Crippen molar-refractivity contribution in [1.82, 2.24) is 0 Å². The van der Waals surface area contributed by atoms with E-state index in [0.29, 0.717) is 6.79 Å². The van der Waals surface area contributed by atoms with E-state index in [4.69, 9.17) is 15.2 Å². The molecule has 0 saturated heterocycles. The van der Waals surface area contributed by atoms with Crippen LogP contribution in [0.5, 0.6) is 11.5 Å². The molecule has 3 nitrogen and oxygen atoms in total. The summed E-state index contributed by atoms with van der Waals surface area (Å²) >= 11 is 0. The van der Waals surface area contributed by atoms with Gasteiger partial charge in [0, 0.05) is 12.0 Å². The second kappa shape index (κ2) is 4.16. The third kappa shape index (κ3) is 1.53. The molecule has 2 aliphatic rings. The largest absolute Gasteiger partial charge is 0.454 e. The lowest BCUT2D eigenvalue weighted by molar-refractivity contribution is 0.173. The molecule has 1 fully saturated rings. The minimum absolute atomic E-state index is 0.163. The van der Waals surface area contributed by atoms with Gasteiger partial charge in [0.15, 0.2) is 11.5 Å². The molecule has 0 radical (unpaired) electrons. The number of rotatable bonds is 2. The summed E-state index contributed by atoms with van der Waals surface area (Å²) < 4.78 is 11.1. The Morgan fingerprint density at radius 1 is 1.17 bits per heavy atom. The number of ether oxygens (including phenoxy) is 2. The number of nitrogens with two attached hydrogens (primary N) is 1. The Balaban J connectivity index is 2.15. The molecule has 3 heteroatoms. The SMILES string of the molecule is Cc1c(C2(CN)CCCC2)cc2c(c1C)OCO2. The van der Waals surface area contributed by atoms with Crippen LogP contribution in [-0.2, 0) is 5.41 Å². The van der Waals surface area contributed by atoms with E-state index in [9.17, 15) is 0 Å². The first-order chi connectivity index (χ1) is 8.68. The van der Waals surface area contributed by atoms with Crippen molar-refractivity contribution in [3.8, 4) is 11.5 Å². The predicted octanol–water partition coefficient (Wildman–Crippen LogP) is 2.80. The highest BCUT2D eigenvalue weighted by Crippen LogP contribution is 2.47. The molecule has 0 unspecified atom stereocenters. The summed E-state index contributed by atoms with van der Waals surface area (Å²) in [7, 11) is 0. The Morgan fingerprint density at radius 2 is 1.89 bits per heavy atom. The lowest BCUT2D eigenvalue weighted by atomic mass is 9.76. The Morgan fingerprint density at radius 3 is 2.56 bits per heavy atom. The molecular weight excluding hydrogens is 226 g/mol. The first-order valence-electron chi connectivity index (χ1n) is 6.78. The molecule has 98 valence electrons. The van der Waals surface area contributed by atoms with Gasteiger partial charge < -0.3 is 15.2 Å². The monoisotopic (exact) mass is 247 g/mol. The number of hydrogen-bond acceptors (Lipinski definition) is 3. The van der Waals surface area contributed by atoms with Crippen molar-refractivity contribution in [3.63, 3.8) is 0 Å². The summed E-state index contributed by atoms with van der Waals surface area (Å²) in [6.45, 7) is 5.37. The van der Waals surface area contributed by atoms with Crippen LogP contribution < -0.4 is 15.2 Å². The normalized spacial score (nSPS) is 20.4. The Kier molecular flexibility index (Phi) is 2.74. The van der Waals surface area contributed by atoms with Crippen LogP contribution in [0.2, 0.25) is 0 Å². The zero-order chi connectivity index (χ0) is 12.8. The van der Waals surface area contributed by atoms with Gasteiger partial charge in [0.25, 0.3) is 0 Å². The van der Waals surface area contributed by atoms with Crippen LogP contribution >= 0.6 is 0 Å². The third-order valence-corrected chi connectivity index (χ3v) is 4.75. The van der Waals surface area contributed by atoms with E-state index in [1.54, 1.807) is 0 Å². The van der Waals surface area contributed by atoms with Gasteiger partial charge in [-0.3, -0.25) is 0 Å². The summed E-state index contributed by atoms with van der Waals surface area (Å²) in [5.74, 6) is 1.81. The van der Waals surface area contributed by atoms with Gasteiger partial charge in [-0.1, -0.05) is 12.8 Å². The highest BCUT2D eigenvalue weighted by molar-refractivity contribution is 5.56. The van der Waals surface area contributed by atoms with Crippen molar-refractivity contribution in [2.45, 2.75) is 44.9 Å². The molecule has 0 bridgehead atoms. The van der Waals surface area contributed by atoms with Gasteiger partial charge in [0.2, 0.25) is 6.79 Å². The molecule has 0 atom stereocenters. The topological polar surface area (TPSA) is 44.5 Å². The van der Waals surface area contributed by atoms with Crippen LogP contribution in [0.3, 0.4) is 0 Å². The van der Waals surface area contributed by atoms with Crippen LogP contribution in [0.1, 0.15) is 42.4 Å². The van der Waals surface area contributed by atoms with E-state index < -0.39 is 0 Å². The van der Waals surface area contributed by atoms with E-state index in [-0.39, 0.29) is 5.41 Å². The Hall–Kier alpha value is -1.22. The molecule has 0 amide bonds. The Labute approximate surface area is 108 Å². The summed E-state index contributed by atoms with van der Waals surface area (Å²) in [6, 6.07) is 2.17. The first kappa shape index (κ1) is 11.8. The van der Waals surface area contributed by atoms with Gasteiger partial charge >= 0.3 is 0 Å². The predicted molar refractivity (Wildman–Crippen MR) is 71.2 cm³/mol. The van der Waals surface area contributed by atoms with Gasteiger partial charge in [0.05, 0.1) is 0 Å². The van der Waals surface area contributed by atoms with Crippen molar-refractivity contribution in [1.29, 1.82) is 0 Å². The van der Waals surface area contributed by atoms with E-state index in [1.165, 1.54) is 42.4 Å². The van der Waals surface area contributed by atoms with Crippen LogP contribution in [-0.4, -0.2) is 13.3 Å². The fourth-order valence-electron chi connectivity index (χ4n) is 3.49. The molecule has 3 rings (SSSR count). The molecule has 1 aromatic carbocycles. The molecule has 2 N–H and O–H groups in total. The second-order valence-corrected chi connectivity index (χ2v) is 5.60. The van der Waals surface area contributed by atoms with E-state index >= 15 is 0 Å².